The van der Waals surface area contributed by atoms with Crippen molar-refractivity contribution in [2.24, 2.45) is 0 Å². The molecule has 0 spiro atoms. The van der Waals surface area contributed by atoms with E-state index in [4.69, 9.17) is 0 Å². The van der Waals surface area contributed by atoms with Gasteiger partial charge >= 0.3 is 0 Å². The second-order valence-electron chi connectivity index (χ2n) is 5.18. The summed E-state index contributed by atoms with van der Waals surface area (Å²) in [6.07, 6.45) is 0. The molecule has 0 radical (unpaired) electrons. The van der Waals surface area contributed by atoms with E-state index in [9.17, 15) is 0 Å². The Morgan fingerprint density at radius 2 is 2.11 bits per heavy atom. The molecule has 0 aromatic heterocycles. The Kier molecular flexibility index (Phi) is 7.22. The SMILES string of the molecule is Cc1ccc(SCCN2CCNC[C@@H]2C)cc1C.Cl. The maximum Gasteiger partial charge on any atom is 0.0193 e. The standard InChI is InChI=1S/C15H24N2S.ClH/c1-12-4-5-15(10-13(12)2)18-9-8-17-7-6-16-11-14(17)3;/h4-5,10,14,16H,6-9,11H2,1-3H3;1H/t14-;/m0./s1. The molecule has 0 saturated carbocycles. The molecule has 2 rings (SSSR count). The van der Waals surface area contributed by atoms with E-state index in [1.165, 1.54) is 34.9 Å². The van der Waals surface area contributed by atoms with Gasteiger partial charge in [0.05, 0.1) is 0 Å². The van der Waals surface area contributed by atoms with Crippen molar-refractivity contribution in [2.75, 3.05) is 31.9 Å². The first-order chi connectivity index (χ1) is 8.66. The topological polar surface area (TPSA) is 15.3 Å². The van der Waals surface area contributed by atoms with Gasteiger partial charge in [-0.3, -0.25) is 4.90 Å². The van der Waals surface area contributed by atoms with Crippen LogP contribution in [0.4, 0.5) is 0 Å². The van der Waals surface area contributed by atoms with Crippen molar-refractivity contribution in [3.8, 4) is 0 Å². The molecule has 19 heavy (non-hydrogen) atoms. The molecule has 1 atom stereocenters. The van der Waals surface area contributed by atoms with Crippen LogP contribution in [0.3, 0.4) is 0 Å². The normalized spacial score (nSPS) is 20.1. The molecule has 0 unspecified atom stereocenters. The first kappa shape index (κ1) is 16.8. The molecule has 108 valence electrons. The summed E-state index contributed by atoms with van der Waals surface area (Å²) in [5, 5.41) is 3.44. The van der Waals surface area contributed by atoms with Gasteiger partial charge in [-0.15, -0.1) is 24.2 Å². The van der Waals surface area contributed by atoms with Crippen LogP contribution in [-0.2, 0) is 0 Å². The zero-order valence-electron chi connectivity index (χ0n) is 12.1. The quantitative estimate of drug-likeness (QED) is 0.860. The van der Waals surface area contributed by atoms with Gasteiger partial charge in [-0.05, 0) is 44.0 Å². The second kappa shape index (κ2) is 8.15. The zero-order valence-corrected chi connectivity index (χ0v) is 13.7. The molecule has 1 aromatic rings. The lowest BCUT2D eigenvalue weighted by Crippen LogP contribution is -2.50. The Morgan fingerprint density at radius 1 is 1.32 bits per heavy atom. The van der Waals surface area contributed by atoms with Gasteiger partial charge in [-0.2, -0.15) is 0 Å². The van der Waals surface area contributed by atoms with Crippen molar-refractivity contribution in [3.63, 3.8) is 0 Å². The van der Waals surface area contributed by atoms with Crippen molar-refractivity contribution < 1.29 is 0 Å². The van der Waals surface area contributed by atoms with Crippen molar-refractivity contribution in [1.82, 2.24) is 10.2 Å². The van der Waals surface area contributed by atoms with E-state index in [1.807, 2.05) is 11.8 Å². The summed E-state index contributed by atoms with van der Waals surface area (Å²) in [6.45, 7) is 11.3. The van der Waals surface area contributed by atoms with Crippen LogP contribution in [0.15, 0.2) is 23.1 Å². The third kappa shape index (κ3) is 4.99. The van der Waals surface area contributed by atoms with Crippen LogP contribution >= 0.6 is 24.2 Å². The van der Waals surface area contributed by atoms with E-state index < -0.39 is 0 Å². The van der Waals surface area contributed by atoms with Gasteiger partial charge in [0.2, 0.25) is 0 Å². The number of nitrogens with one attached hydrogen (secondary N) is 1. The van der Waals surface area contributed by atoms with Crippen molar-refractivity contribution in [1.29, 1.82) is 0 Å². The second-order valence-corrected chi connectivity index (χ2v) is 6.35. The highest BCUT2D eigenvalue weighted by atomic mass is 35.5. The van der Waals surface area contributed by atoms with Gasteiger partial charge in [0, 0.05) is 42.9 Å². The fraction of sp³-hybridized carbons (Fsp3) is 0.600. The largest absolute Gasteiger partial charge is 0.314 e. The van der Waals surface area contributed by atoms with Gasteiger partial charge in [0.15, 0.2) is 0 Å². The number of nitrogens with zero attached hydrogens (tertiary/aromatic N) is 1. The van der Waals surface area contributed by atoms with E-state index in [-0.39, 0.29) is 12.4 Å². The monoisotopic (exact) mass is 300 g/mol. The molecule has 1 fully saturated rings. The molecule has 1 aliphatic rings. The van der Waals surface area contributed by atoms with E-state index in [2.05, 4.69) is 49.2 Å². The Balaban J connectivity index is 0.00000180. The van der Waals surface area contributed by atoms with Crippen LogP contribution in [0.1, 0.15) is 18.1 Å². The predicted molar refractivity (Wildman–Crippen MR) is 87.8 cm³/mol. The Labute approximate surface area is 127 Å². The minimum atomic E-state index is 0. The fourth-order valence-electron chi connectivity index (χ4n) is 2.30. The molecule has 1 heterocycles. The number of thioether (sulfide) groups is 1. The number of benzene rings is 1. The molecular weight excluding hydrogens is 276 g/mol. The highest BCUT2D eigenvalue weighted by Crippen LogP contribution is 2.21. The molecule has 0 aliphatic carbocycles. The minimum absolute atomic E-state index is 0. The first-order valence-corrected chi connectivity index (χ1v) is 7.80. The van der Waals surface area contributed by atoms with E-state index in [0.29, 0.717) is 6.04 Å². The molecule has 4 heteroatoms. The van der Waals surface area contributed by atoms with Crippen LogP contribution < -0.4 is 5.32 Å². The van der Waals surface area contributed by atoms with Crippen LogP contribution in [-0.4, -0.2) is 42.9 Å². The maximum absolute atomic E-state index is 3.44. The summed E-state index contributed by atoms with van der Waals surface area (Å²) < 4.78 is 0. The number of aryl methyl sites for hydroxylation is 2. The zero-order chi connectivity index (χ0) is 13.0. The molecule has 1 aliphatic heterocycles. The highest BCUT2D eigenvalue weighted by molar-refractivity contribution is 7.99. The molecule has 0 amide bonds. The van der Waals surface area contributed by atoms with Crippen molar-refractivity contribution in [3.05, 3.63) is 29.3 Å². The summed E-state index contributed by atoms with van der Waals surface area (Å²) >= 11 is 1.98. The van der Waals surface area contributed by atoms with Crippen LogP contribution in [0.2, 0.25) is 0 Å². The minimum Gasteiger partial charge on any atom is -0.314 e. The first-order valence-electron chi connectivity index (χ1n) is 6.81. The predicted octanol–water partition coefficient (Wildman–Crippen LogP) is 3.11. The lowest BCUT2D eigenvalue weighted by atomic mass is 10.1. The third-order valence-electron chi connectivity index (χ3n) is 3.76. The summed E-state index contributed by atoms with van der Waals surface area (Å²) in [4.78, 5) is 3.99. The Bertz CT molecular complexity index is 398. The maximum atomic E-state index is 3.44. The molecule has 1 aromatic carbocycles. The third-order valence-corrected chi connectivity index (χ3v) is 4.74. The van der Waals surface area contributed by atoms with E-state index in [1.54, 1.807) is 0 Å². The van der Waals surface area contributed by atoms with Crippen molar-refractivity contribution >= 4 is 24.2 Å². The molecule has 2 nitrogen and oxygen atoms in total. The van der Waals surface area contributed by atoms with Crippen LogP contribution in [0.25, 0.3) is 0 Å². The highest BCUT2D eigenvalue weighted by Gasteiger charge is 2.16. The Morgan fingerprint density at radius 3 is 2.79 bits per heavy atom. The molecular formula is C15H25ClN2S. The number of hydrogen-bond acceptors (Lipinski definition) is 3. The average molecular weight is 301 g/mol. The molecule has 0 bridgehead atoms. The molecule has 1 N–H and O–H groups in total. The van der Waals surface area contributed by atoms with E-state index in [0.717, 1.165) is 13.1 Å². The van der Waals surface area contributed by atoms with Crippen LogP contribution in [0.5, 0.6) is 0 Å². The number of hydrogen-bond donors (Lipinski definition) is 1. The van der Waals surface area contributed by atoms with E-state index >= 15 is 0 Å². The van der Waals surface area contributed by atoms with Gasteiger partial charge in [-0.25, -0.2) is 0 Å². The van der Waals surface area contributed by atoms with Crippen molar-refractivity contribution in [2.45, 2.75) is 31.7 Å². The number of halogens is 1. The van der Waals surface area contributed by atoms with Gasteiger partial charge in [0.1, 0.15) is 0 Å². The van der Waals surface area contributed by atoms with Gasteiger partial charge in [-0.1, -0.05) is 6.07 Å². The lowest BCUT2D eigenvalue weighted by Gasteiger charge is -2.33. The van der Waals surface area contributed by atoms with Gasteiger partial charge in [0.25, 0.3) is 0 Å². The average Bonchev–Trinajstić information content (AvgIpc) is 2.36. The Hall–Kier alpha value is -0.220. The smallest absolute Gasteiger partial charge is 0.0193 e. The summed E-state index contributed by atoms with van der Waals surface area (Å²) in [5.74, 6) is 1.19. The van der Waals surface area contributed by atoms with Crippen LogP contribution in [0, 0.1) is 13.8 Å². The summed E-state index contributed by atoms with van der Waals surface area (Å²) in [7, 11) is 0. The fourth-order valence-corrected chi connectivity index (χ4v) is 3.29. The molecule has 1 saturated heterocycles. The number of rotatable bonds is 4. The number of piperazine rings is 1. The summed E-state index contributed by atoms with van der Waals surface area (Å²) in [5.41, 5.74) is 2.78. The summed E-state index contributed by atoms with van der Waals surface area (Å²) in [6, 6.07) is 7.46. The van der Waals surface area contributed by atoms with Gasteiger partial charge < -0.3 is 5.32 Å². The lowest BCUT2D eigenvalue weighted by molar-refractivity contribution is 0.184.